The average molecular weight is 306 g/mol. The second-order valence-electron chi connectivity index (χ2n) is 5.02. The van der Waals surface area contributed by atoms with E-state index in [1.807, 2.05) is 19.9 Å². The molecule has 2 N–H and O–H groups in total. The Bertz CT molecular complexity index is 627. The summed E-state index contributed by atoms with van der Waals surface area (Å²) in [5, 5.41) is 21.8. The predicted molar refractivity (Wildman–Crippen MR) is 82.6 cm³/mol. The fourth-order valence-corrected chi connectivity index (χ4v) is 2.41. The number of phenols is 1. The highest BCUT2D eigenvalue weighted by Crippen LogP contribution is 2.23. The van der Waals surface area contributed by atoms with Crippen LogP contribution in [0.2, 0.25) is 0 Å². The summed E-state index contributed by atoms with van der Waals surface area (Å²) in [5.74, 6) is 0.460. The number of hydrogen-bond donors (Lipinski definition) is 2. The van der Waals surface area contributed by atoms with E-state index in [1.165, 1.54) is 16.2 Å². The molecule has 0 atom stereocenters. The molecule has 2 aromatic rings. The Morgan fingerprint density at radius 2 is 2.10 bits per heavy atom. The second-order valence-corrected chi connectivity index (χ2v) is 6.02. The molecule has 1 heterocycles. The Morgan fingerprint density at radius 3 is 2.71 bits per heavy atom. The number of para-hydroxylation sites is 1. The van der Waals surface area contributed by atoms with Crippen molar-refractivity contribution in [3.05, 3.63) is 34.8 Å². The Labute approximate surface area is 127 Å². The van der Waals surface area contributed by atoms with Gasteiger partial charge in [0.1, 0.15) is 10.8 Å². The normalized spacial score (nSPS) is 10.7. The number of urea groups is 1. The van der Waals surface area contributed by atoms with Crippen LogP contribution >= 0.6 is 11.3 Å². The fourth-order valence-electron chi connectivity index (χ4n) is 1.68. The van der Waals surface area contributed by atoms with E-state index >= 15 is 0 Å². The van der Waals surface area contributed by atoms with E-state index in [2.05, 4.69) is 15.5 Å². The number of aromatic hydroxyl groups is 1. The van der Waals surface area contributed by atoms with Crippen molar-refractivity contribution in [3.63, 3.8) is 0 Å². The van der Waals surface area contributed by atoms with E-state index in [9.17, 15) is 9.90 Å². The molecule has 2 rings (SSSR count). The lowest BCUT2D eigenvalue weighted by molar-refractivity contribution is 0.220. The van der Waals surface area contributed by atoms with Crippen LogP contribution in [0.25, 0.3) is 0 Å². The maximum absolute atomic E-state index is 12.1. The number of phenolic OH excluding ortho intramolecular Hbond substituents is 1. The summed E-state index contributed by atoms with van der Waals surface area (Å²) in [6, 6.07) is 6.65. The molecule has 6 nitrogen and oxygen atoms in total. The Kier molecular flexibility index (Phi) is 4.74. The van der Waals surface area contributed by atoms with Gasteiger partial charge < -0.3 is 10.0 Å². The third-order valence-corrected chi connectivity index (χ3v) is 4.03. The van der Waals surface area contributed by atoms with Gasteiger partial charge in [-0.3, -0.25) is 5.32 Å². The zero-order valence-corrected chi connectivity index (χ0v) is 13.0. The summed E-state index contributed by atoms with van der Waals surface area (Å²) in [5.41, 5.74) is 0.690. The highest BCUT2D eigenvalue weighted by atomic mass is 32.1. The van der Waals surface area contributed by atoms with Crippen molar-refractivity contribution in [3.8, 4) is 5.75 Å². The van der Waals surface area contributed by atoms with Gasteiger partial charge in [-0.05, 0) is 6.07 Å². The van der Waals surface area contributed by atoms with Gasteiger partial charge in [-0.15, -0.1) is 10.2 Å². The molecule has 0 unspecified atom stereocenters. The smallest absolute Gasteiger partial charge is 0.323 e. The van der Waals surface area contributed by atoms with Gasteiger partial charge in [0.15, 0.2) is 0 Å². The molecule has 7 heteroatoms. The van der Waals surface area contributed by atoms with Crippen LogP contribution in [-0.2, 0) is 6.54 Å². The van der Waals surface area contributed by atoms with Crippen molar-refractivity contribution in [1.29, 1.82) is 0 Å². The Balaban J connectivity index is 1.97. The minimum absolute atomic E-state index is 0.176. The van der Waals surface area contributed by atoms with Crippen molar-refractivity contribution in [2.24, 2.45) is 0 Å². The largest absolute Gasteiger partial charge is 0.508 e. The van der Waals surface area contributed by atoms with Crippen LogP contribution < -0.4 is 5.32 Å². The van der Waals surface area contributed by atoms with Crippen LogP contribution in [0.5, 0.6) is 5.75 Å². The molecule has 0 fully saturated rings. The summed E-state index contributed by atoms with van der Waals surface area (Å²) in [7, 11) is 1.66. The molecule has 0 aliphatic rings. The molecular formula is C14H18N4O2S. The molecule has 1 aromatic heterocycles. The molecule has 1 aromatic carbocycles. The topological polar surface area (TPSA) is 78.4 Å². The Morgan fingerprint density at radius 1 is 1.38 bits per heavy atom. The third kappa shape index (κ3) is 3.91. The summed E-state index contributed by atoms with van der Waals surface area (Å²) in [6.45, 7) is 4.36. The number of rotatable bonds is 4. The van der Waals surface area contributed by atoms with E-state index in [1.54, 1.807) is 25.2 Å². The molecule has 0 spiro atoms. The minimum Gasteiger partial charge on any atom is -0.508 e. The van der Waals surface area contributed by atoms with Gasteiger partial charge in [0.2, 0.25) is 5.13 Å². The van der Waals surface area contributed by atoms with Gasteiger partial charge in [-0.25, -0.2) is 4.79 Å². The first-order chi connectivity index (χ1) is 9.97. The fraction of sp³-hybridized carbons (Fsp3) is 0.357. The molecule has 0 aliphatic heterocycles. The first-order valence-corrected chi connectivity index (χ1v) is 7.41. The van der Waals surface area contributed by atoms with Crippen LogP contribution in [0.15, 0.2) is 24.3 Å². The number of carbonyl (C=O) groups excluding carboxylic acids is 1. The van der Waals surface area contributed by atoms with E-state index in [-0.39, 0.29) is 17.7 Å². The van der Waals surface area contributed by atoms with Crippen molar-refractivity contribution >= 4 is 22.5 Å². The zero-order chi connectivity index (χ0) is 15.4. The van der Waals surface area contributed by atoms with Crippen LogP contribution in [0.1, 0.15) is 30.3 Å². The highest BCUT2D eigenvalue weighted by molar-refractivity contribution is 7.15. The lowest BCUT2D eigenvalue weighted by Crippen LogP contribution is -2.30. The molecule has 112 valence electrons. The van der Waals surface area contributed by atoms with Gasteiger partial charge in [0.25, 0.3) is 0 Å². The van der Waals surface area contributed by atoms with E-state index < -0.39 is 0 Å². The molecule has 0 saturated heterocycles. The number of amides is 2. The van der Waals surface area contributed by atoms with E-state index in [4.69, 9.17) is 0 Å². The maximum atomic E-state index is 12.1. The molecular weight excluding hydrogens is 288 g/mol. The van der Waals surface area contributed by atoms with Crippen LogP contribution in [0, 0.1) is 0 Å². The second kappa shape index (κ2) is 6.53. The molecule has 0 aliphatic carbocycles. The van der Waals surface area contributed by atoms with Crippen molar-refractivity contribution in [2.45, 2.75) is 26.3 Å². The van der Waals surface area contributed by atoms with E-state index in [0.29, 0.717) is 17.2 Å². The number of nitrogens with zero attached hydrogens (tertiary/aromatic N) is 3. The van der Waals surface area contributed by atoms with Crippen molar-refractivity contribution < 1.29 is 9.90 Å². The number of nitrogens with one attached hydrogen (secondary N) is 1. The van der Waals surface area contributed by atoms with Crippen molar-refractivity contribution in [1.82, 2.24) is 15.1 Å². The first-order valence-electron chi connectivity index (χ1n) is 6.59. The Hall–Kier alpha value is -2.15. The summed E-state index contributed by atoms with van der Waals surface area (Å²) < 4.78 is 0. The molecule has 0 radical (unpaired) electrons. The number of anilines is 1. The molecule has 0 bridgehead atoms. The number of benzene rings is 1. The van der Waals surface area contributed by atoms with Gasteiger partial charge in [0, 0.05) is 18.5 Å². The van der Waals surface area contributed by atoms with Crippen LogP contribution in [0.4, 0.5) is 9.93 Å². The lowest BCUT2D eigenvalue weighted by atomic mass is 10.2. The van der Waals surface area contributed by atoms with Crippen LogP contribution in [0.3, 0.4) is 0 Å². The van der Waals surface area contributed by atoms with Crippen molar-refractivity contribution in [2.75, 3.05) is 12.4 Å². The quantitative estimate of drug-likeness (QED) is 0.910. The van der Waals surface area contributed by atoms with Gasteiger partial charge in [-0.2, -0.15) is 0 Å². The number of carbonyl (C=O) groups is 1. The first kappa shape index (κ1) is 15.2. The van der Waals surface area contributed by atoms with Gasteiger partial charge in [0.05, 0.1) is 6.54 Å². The maximum Gasteiger partial charge on any atom is 0.323 e. The summed E-state index contributed by atoms with van der Waals surface area (Å²) in [6.07, 6.45) is 0. The lowest BCUT2D eigenvalue weighted by Gasteiger charge is -2.17. The molecule has 21 heavy (non-hydrogen) atoms. The highest BCUT2D eigenvalue weighted by Gasteiger charge is 2.14. The third-order valence-electron chi connectivity index (χ3n) is 2.89. The summed E-state index contributed by atoms with van der Waals surface area (Å²) >= 11 is 1.37. The zero-order valence-electron chi connectivity index (χ0n) is 12.2. The number of hydrogen-bond acceptors (Lipinski definition) is 5. The average Bonchev–Trinajstić information content (AvgIpc) is 2.90. The van der Waals surface area contributed by atoms with Gasteiger partial charge in [-0.1, -0.05) is 43.4 Å². The standard InChI is InChI=1S/C14H18N4O2S/c1-9(2)12-16-17-13(21-12)15-14(20)18(3)8-10-6-4-5-7-11(10)19/h4-7,9,19H,8H2,1-3H3,(H,15,17,20). The number of aromatic nitrogens is 2. The monoisotopic (exact) mass is 306 g/mol. The van der Waals surface area contributed by atoms with Gasteiger partial charge >= 0.3 is 6.03 Å². The predicted octanol–water partition coefficient (Wildman–Crippen LogP) is 3.03. The molecule has 0 saturated carbocycles. The minimum atomic E-state index is -0.287. The van der Waals surface area contributed by atoms with E-state index in [0.717, 1.165) is 5.01 Å². The summed E-state index contributed by atoms with van der Waals surface area (Å²) in [4.78, 5) is 13.6. The SMILES string of the molecule is CC(C)c1nnc(NC(=O)N(C)Cc2ccccc2O)s1. The van der Waals surface area contributed by atoms with Crippen LogP contribution in [-0.4, -0.2) is 33.3 Å². The molecule has 2 amide bonds.